The molecule has 57 heavy (non-hydrogen) atoms. The molecule has 2 saturated carbocycles. The summed E-state index contributed by atoms with van der Waals surface area (Å²) in [7, 11) is -2.12. The highest BCUT2D eigenvalue weighted by molar-refractivity contribution is 7.90. The van der Waals surface area contributed by atoms with E-state index in [-0.39, 0.29) is 17.3 Å². The average molecular weight is 822 g/mol. The fourth-order valence-corrected chi connectivity index (χ4v) is 13.4. The second-order valence-corrected chi connectivity index (χ2v) is 20.9. The van der Waals surface area contributed by atoms with Gasteiger partial charge in [0, 0.05) is 75.0 Å². The lowest BCUT2D eigenvalue weighted by molar-refractivity contribution is -0.108. The number of nitrogens with one attached hydrogen (secondary N) is 1. The molecule has 0 radical (unpaired) electrons. The van der Waals surface area contributed by atoms with E-state index in [1.54, 1.807) is 6.07 Å². The number of piperazine rings is 1. The minimum Gasteiger partial charge on any atom is -0.490 e. The Kier molecular flexibility index (Phi) is 11.2. The van der Waals surface area contributed by atoms with E-state index in [1.165, 1.54) is 11.1 Å². The van der Waals surface area contributed by atoms with Crippen LogP contribution in [0.25, 0.3) is 0 Å². The molecule has 1 amide bonds. The molecule has 1 spiro atoms. The highest BCUT2D eigenvalue weighted by Crippen LogP contribution is 2.49. The molecule has 2 saturated heterocycles. The number of aryl methyl sites for hydroxylation is 1. The predicted molar refractivity (Wildman–Crippen MR) is 224 cm³/mol. The van der Waals surface area contributed by atoms with Crippen molar-refractivity contribution in [3.05, 3.63) is 70.3 Å². The van der Waals surface area contributed by atoms with Gasteiger partial charge in [-0.15, -0.1) is 0 Å². The maximum atomic E-state index is 14.3. The van der Waals surface area contributed by atoms with Gasteiger partial charge in [-0.1, -0.05) is 56.0 Å². The van der Waals surface area contributed by atoms with Crippen LogP contribution in [-0.4, -0.2) is 114 Å². The Labute approximate surface area is 344 Å². The lowest BCUT2D eigenvalue weighted by Gasteiger charge is -2.53. The molecule has 10 nitrogen and oxygen atoms in total. The summed E-state index contributed by atoms with van der Waals surface area (Å²) in [5, 5.41) is 0.0692. The molecule has 0 aromatic heterocycles. The molecule has 3 aliphatic carbocycles. The van der Waals surface area contributed by atoms with Crippen molar-refractivity contribution >= 4 is 33.2 Å². The van der Waals surface area contributed by atoms with E-state index in [0.717, 1.165) is 127 Å². The van der Waals surface area contributed by atoms with Crippen LogP contribution in [0.2, 0.25) is 5.02 Å². The van der Waals surface area contributed by atoms with Crippen LogP contribution >= 0.6 is 11.6 Å². The molecule has 0 unspecified atom stereocenters. The third-order valence-corrected chi connectivity index (χ3v) is 17.3. The molecule has 2 aromatic rings. The van der Waals surface area contributed by atoms with Gasteiger partial charge in [-0.25, -0.2) is 13.1 Å². The van der Waals surface area contributed by atoms with Gasteiger partial charge in [0.05, 0.1) is 30.8 Å². The van der Waals surface area contributed by atoms with Gasteiger partial charge in [0.1, 0.15) is 11.4 Å². The Hall–Kier alpha value is -2.67. The number of nitrogens with zero attached hydrogens (tertiary/aromatic N) is 3. The number of rotatable bonds is 5. The molecular formula is C45H61ClN4O6S. The highest BCUT2D eigenvalue weighted by atomic mass is 35.5. The van der Waals surface area contributed by atoms with Gasteiger partial charge in [0.2, 0.25) is 10.0 Å². The number of methoxy groups -OCH3 is 1. The first-order valence-corrected chi connectivity index (χ1v) is 23.6. The number of carbonyl (C=O) groups excluding carboxylic acids is 1. The number of morpholine rings is 1. The summed E-state index contributed by atoms with van der Waals surface area (Å²) >= 11 is 6.54. The Morgan fingerprint density at radius 3 is 2.70 bits per heavy atom. The minimum absolute atomic E-state index is 0.185. The van der Waals surface area contributed by atoms with Gasteiger partial charge in [-0.3, -0.25) is 14.6 Å². The highest BCUT2D eigenvalue weighted by Gasteiger charge is 2.50. The second kappa shape index (κ2) is 16.1. The summed E-state index contributed by atoms with van der Waals surface area (Å²) in [5.41, 5.74) is 2.94. The van der Waals surface area contributed by atoms with E-state index in [0.29, 0.717) is 42.9 Å². The number of hydrogen-bond acceptors (Lipinski definition) is 9. The standard InChI is InChI=1S/C45H61ClN4O6S/c1-31-6-4-17-45(54-2,29-48-18-19-49-20-21-55-27-37(49)26-48)39-13-10-35(39)25-50-28-44(16-5-9-33-23-36(46)12-14-38(33)44)30-56-41-15-11-34(24-40(41)50)43(51)47-57(52,53)42(31)22-32-7-3-8-32/h4,11-12,14-15,17,23-24,31-32,35,37,39,42H,3,5-10,13,16,18-22,25-30H2,1-2H3,(H,47,51)/b17-4+/t31-,35-,37-,39+,42+,44-,45-/m0/s1. The summed E-state index contributed by atoms with van der Waals surface area (Å²) in [5.74, 6) is 0.915. The summed E-state index contributed by atoms with van der Waals surface area (Å²) in [4.78, 5) is 21.6. The zero-order valence-corrected chi connectivity index (χ0v) is 35.4. The number of amides is 1. The average Bonchev–Trinajstić information content (AvgIpc) is 3.31. The van der Waals surface area contributed by atoms with E-state index in [9.17, 15) is 13.2 Å². The molecule has 1 N–H and O–H groups in total. The van der Waals surface area contributed by atoms with Crippen molar-refractivity contribution in [3.8, 4) is 5.75 Å². The second-order valence-electron chi connectivity index (χ2n) is 18.6. The number of halogens is 1. The normalized spacial score (nSPS) is 35.3. The molecule has 7 aliphatic rings. The Morgan fingerprint density at radius 2 is 1.91 bits per heavy atom. The minimum atomic E-state index is -3.99. The van der Waals surface area contributed by atoms with Gasteiger partial charge >= 0.3 is 0 Å². The molecule has 12 heteroatoms. The number of hydrogen-bond donors (Lipinski definition) is 1. The van der Waals surface area contributed by atoms with Gasteiger partial charge in [0.25, 0.3) is 5.91 Å². The molecule has 310 valence electrons. The molecule has 7 atom stereocenters. The zero-order chi connectivity index (χ0) is 39.4. The van der Waals surface area contributed by atoms with Crippen molar-refractivity contribution in [2.45, 2.75) is 93.4 Å². The van der Waals surface area contributed by atoms with Gasteiger partial charge < -0.3 is 19.1 Å². The molecule has 2 aromatic carbocycles. The summed E-state index contributed by atoms with van der Waals surface area (Å²) < 4.78 is 50.7. The van der Waals surface area contributed by atoms with Gasteiger partial charge in [-0.2, -0.15) is 0 Å². The first kappa shape index (κ1) is 39.8. The number of anilines is 1. The molecular weight excluding hydrogens is 760 g/mol. The quantitative estimate of drug-likeness (QED) is 0.341. The predicted octanol–water partition coefficient (Wildman–Crippen LogP) is 6.46. The first-order valence-electron chi connectivity index (χ1n) is 21.7. The maximum Gasteiger partial charge on any atom is 0.264 e. The van der Waals surface area contributed by atoms with Crippen LogP contribution in [0.15, 0.2) is 48.6 Å². The van der Waals surface area contributed by atoms with E-state index in [4.69, 9.17) is 25.8 Å². The summed E-state index contributed by atoms with van der Waals surface area (Å²) in [6.45, 7) is 10.3. The molecule has 9 rings (SSSR count). The van der Waals surface area contributed by atoms with Crippen molar-refractivity contribution in [1.29, 1.82) is 0 Å². The van der Waals surface area contributed by atoms with E-state index in [2.05, 4.69) is 43.7 Å². The van der Waals surface area contributed by atoms with Crippen molar-refractivity contribution < 1.29 is 27.4 Å². The number of sulfonamides is 1. The largest absolute Gasteiger partial charge is 0.490 e. The number of allylic oxidation sites excluding steroid dienone is 1. The Morgan fingerprint density at radius 1 is 1.04 bits per heavy atom. The number of ether oxygens (including phenoxy) is 3. The van der Waals surface area contributed by atoms with Gasteiger partial charge in [0.15, 0.2) is 0 Å². The van der Waals surface area contributed by atoms with Crippen LogP contribution in [-0.2, 0) is 31.3 Å². The number of carbonyl (C=O) groups is 1. The van der Waals surface area contributed by atoms with Crippen LogP contribution < -0.4 is 14.4 Å². The molecule has 4 fully saturated rings. The van der Waals surface area contributed by atoms with Crippen molar-refractivity contribution in [2.75, 3.05) is 77.6 Å². The van der Waals surface area contributed by atoms with Crippen molar-refractivity contribution in [1.82, 2.24) is 14.5 Å². The first-order chi connectivity index (χ1) is 27.5. The van der Waals surface area contributed by atoms with E-state index < -0.39 is 26.8 Å². The van der Waals surface area contributed by atoms with Crippen LogP contribution in [0.1, 0.15) is 86.2 Å². The topological polar surface area (TPSA) is 101 Å². The maximum absolute atomic E-state index is 14.3. The zero-order valence-electron chi connectivity index (χ0n) is 33.8. The Balaban J connectivity index is 1.11. The third kappa shape index (κ3) is 7.79. The summed E-state index contributed by atoms with van der Waals surface area (Å²) in [6, 6.07) is 12.2. The molecule has 4 heterocycles. The fraction of sp³-hybridized carbons (Fsp3) is 0.667. The lowest BCUT2D eigenvalue weighted by atomic mass is 9.63. The van der Waals surface area contributed by atoms with E-state index in [1.807, 2.05) is 32.2 Å². The number of fused-ring (bicyclic) bond motifs is 5. The van der Waals surface area contributed by atoms with Gasteiger partial charge in [-0.05, 0) is 110 Å². The van der Waals surface area contributed by atoms with Crippen LogP contribution in [0.3, 0.4) is 0 Å². The molecule has 4 aliphatic heterocycles. The molecule has 2 bridgehead atoms. The Bertz CT molecular complexity index is 1960. The van der Waals surface area contributed by atoms with Crippen LogP contribution in [0, 0.1) is 23.7 Å². The van der Waals surface area contributed by atoms with Crippen LogP contribution in [0.4, 0.5) is 5.69 Å². The van der Waals surface area contributed by atoms with E-state index >= 15 is 0 Å². The van der Waals surface area contributed by atoms with Crippen molar-refractivity contribution in [3.63, 3.8) is 0 Å². The summed E-state index contributed by atoms with van der Waals surface area (Å²) in [6.07, 6.45) is 14.0. The smallest absolute Gasteiger partial charge is 0.264 e. The van der Waals surface area contributed by atoms with Crippen LogP contribution in [0.5, 0.6) is 5.75 Å². The SMILES string of the molecule is CO[C@]1(CN2CCN3CCOC[C@@H]3C2)/C=C/C[C@H](C)[C@@H](CC2CCC2)S(=O)(=O)NC(=O)c2ccc3c(c2)N(C[C@@H]2CC[C@H]21)C[C@@]1(CCCc2cc(Cl)ccc21)CO3. The fourth-order valence-electron chi connectivity index (χ4n) is 11.5. The number of benzene rings is 2. The van der Waals surface area contributed by atoms with Crippen molar-refractivity contribution in [2.24, 2.45) is 23.7 Å². The third-order valence-electron chi connectivity index (χ3n) is 15.1. The monoisotopic (exact) mass is 820 g/mol. The lowest BCUT2D eigenvalue weighted by Crippen LogP contribution is -2.62.